The Kier molecular flexibility index (Phi) is 7.82. The average molecular weight is 476 g/mol. The number of carbonyl (C=O) groups excluding carboxylic acids is 2. The second-order valence-corrected chi connectivity index (χ2v) is 9.04. The van der Waals surface area contributed by atoms with E-state index in [1.807, 2.05) is 55.6 Å². The van der Waals surface area contributed by atoms with Gasteiger partial charge in [0.2, 0.25) is 0 Å². The van der Waals surface area contributed by atoms with Crippen LogP contribution in [0.5, 0.6) is 0 Å². The third-order valence-electron chi connectivity index (χ3n) is 6.73. The molecule has 35 heavy (non-hydrogen) atoms. The first-order valence-electron chi connectivity index (χ1n) is 12.1. The first-order chi connectivity index (χ1) is 16.9. The molecule has 8 nitrogen and oxygen atoms in total. The summed E-state index contributed by atoms with van der Waals surface area (Å²) in [5, 5.41) is 7.66. The van der Waals surface area contributed by atoms with Crippen LogP contribution in [0, 0.1) is 0 Å². The molecule has 0 atom stereocenters. The van der Waals surface area contributed by atoms with Gasteiger partial charge in [-0.1, -0.05) is 30.3 Å². The molecule has 1 aliphatic carbocycles. The molecule has 4 rings (SSSR count). The Morgan fingerprint density at radius 1 is 1.09 bits per heavy atom. The molecular formula is C27H33N5O3. The molecule has 1 heterocycles. The first kappa shape index (κ1) is 24.5. The van der Waals surface area contributed by atoms with Gasteiger partial charge in [0, 0.05) is 42.3 Å². The van der Waals surface area contributed by atoms with Gasteiger partial charge in [-0.2, -0.15) is 0 Å². The maximum Gasteiger partial charge on any atom is 0.406 e. The molecule has 1 aliphatic rings. The third-order valence-corrected chi connectivity index (χ3v) is 6.73. The van der Waals surface area contributed by atoms with E-state index < -0.39 is 6.09 Å². The lowest BCUT2D eigenvalue weighted by atomic mass is 9.90. The number of nitrogens with one attached hydrogen (secondary N) is 2. The van der Waals surface area contributed by atoms with Crippen molar-refractivity contribution in [3.63, 3.8) is 0 Å². The van der Waals surface area contributed by atoms with Crippen LogP contribution < -0.4 is 16.4 Å². The molecule has 8 heteroatoms. The number of ether oxygens (including phenoxy) is 1. The van der Waals surface area contributed by atoms with Gasteiger partial charge in [0.1, 0.15) is 12.3 Å². The number of nitrogens with zero attached hydrogens (tertiary/aromatic N) is 2. The predicted octanol–water partition coefficient (Wildman–Crippen LogP) is 3.81. The summed E-state index contributed by atoms with van der Waals surface area (Å²) in [6, 6.07) is 18.0. The highest BCUT2D eigenvalue weighted by Gasteiger charge is 2.25. The summed E-state index contributed by atoms with van der Waals surface area (Å²) in [5.74, 6) is -0.150. The lowest BCUT2D eigenvalue weighted by Crippen LogP contribution is -2.43. The van der Waals surface area contributed by atoms with Crippen LogP contribution in [0.3, 0.4) is 0 Å². The number of likely N-dealkylation sites (N-methyl/N-ethyl adjacent to an activating group) is 1. The number of benzene rings is 2. The number of hydrogen-bond donors (Lipinski definition) is 3. The molecule has 2 amide bonds. The van der Waals surface area contributed by atoms with Crippen molar-refractivity contribution >= 4 is 28.5 Å². The minimum absolute atomic E-state index is 0.125. The molecule has 0 saturated heterocycles. The zero-order valence-electron chi connectivity index (χ0n) is 20.3. The van der Waals surface area contributed by atoms with Crippen molar-refractivity contribution in [2.45, 2.75) is 37.8 Å². The molecular weight excluding hydrogens is 442 g/mol. The summed E-state index contributed by atoms with van der Waals surface area (Å²) in [6.07, 6.45) is 3.36. The van der Waals surface area contributed by atoms with Gasteiger partial charge in [-0.15, -0.1) is 0 Å². The SMILES string of the molecule is CNC(=O)OCCN(C)C1CCC(NC(=O)c2cccc(-c3ccc4cccc(N)c4c3)n2)CC1. The maximum absolute atomic E-state index is 13.0. The molecule has 0 spiro atoms. The Morgan fingerprint density at radius 3 is 2.63 bits per heavy atom. The largest absolute Gasteiger partial charge is 0.448 e. The van der Waals surface area contributed by atoms with E-state index in [9.17, 15) is 9.59 Å². The third kappa shape index (κ3) is 6.08. The second kappa shape index (κ2) is 11.2. The van der Waals surface area contributed by atoms with Crippen molar-refractivity contribution < 1.29 is 14.3 Å². The van der Waals surface area contributed by atoms with Crippen molar-refractivity contribution in [3.05, 3.63) is 60.3 Å². The number of alkyl carbamates (subject to hydrolysis) is 1. The highest BCUT2D eigenvalue weighted by Crippen LogP contribution is 2.27. The van der Waals surface area contributed by atoms with Gasteiger partial charge in [0.15, 0.2) is 0 Å². The number of aromatic nitrogens is 1. The monoisotopic (exact) mass is 475 g/mol. The fourth-order valence-electron chi connectivity index (χ4n) is 4.64. The zero-order valence-corrected chi connectivity index (χ0v) is 20.3. The summed E-state index contributed by atoms with van der Waals surface area (Å²) in [4.78, 5) is 31.0. The van der Waals surface area contributed by atoms with Crippen molar-refractivity contribution in [1.82, 2.24) is 20.5 Å². The molecule has 0 unspecified atom stereocenters. The normalized spacial score (nSPS) is 17.8. The van der Waals surface area contributed by atoms with E-state index in [-0.39, 0.29) is 11.9 Å². The number of pyridine rings is 1. The summed E-state index contributed by atoms with van der Waals surface area (Å²) in [6.45, 7) is 1.05. The van der Waals surface area contributed by atoms with Crippen LogP contribution in [-0.2, 0) is 4.74 Å². The summed E-state index contributed by atoms with van der Waals surface area (Å²) in [5.41, 5.74) is 8.95. The summed E-state index contributed by atoms with van der Waals surface area (Å²) in [7, 11) is 3.60. The van der Waals surface area contributed by atoms with Gasteiger partial charge in [0.05, 0.1) is 5.69 Å². The Balaban J connectivity index is 1.33. The van der Waals surface area contributed by atoms with Crippen LogP contribution >= 0.6 is 0 Å². The zero-order chi connectivity index (χ0) is 24.8. The van der Waals surface area contributed by atoms with E-state index in [1.165, 1.54) is 0 Å². The van der Waals surface area contributed by atoms with Crippen molar-refractivity contribution in [3.8, 4) is 11.3 Å². The minimum atomic E-state index is -0.410. The van der Waals surface area contributed by atoms with Gasteiger partial charge in [-0.25, -0.2) is 9.78 Å². The number of rotatable bonds is 7. The predicted molar refractivity (Wildman–Crippen MR) is 138 cm³/mol. The van der Waals surface area contributed by atoms with Crippen LogP contribution in [-0.4, -0.2) is 61.2 Å². The topological polar surface area (TPSA) is 110 Å². The van der Waals surface area contributed by atoms with Crippen molar-refractivity contribution in [2.24, 2.45) is 0 Å². The first-order valence-corrected chi connectivity index (χ1v) is 12.1. The maximum atomic E-state index is 13.0. The van der Waals surface area contributed by atoms with Crippen molar-refractivity contribution in [2.75, 3.05) is 33.0 Å². The molecule has 3 aromatic rings. The van der Waals surface area contributed by atoms with Gasteiger partial charge >= 0.3 is 6.09 Å². The minimum Gasteiger partial charge on any atom is -0.448 e. The Bertz CT molecular complexity index is 1190. The Hall–Kier alpha value is -3.65. The molecule has 1 saturated carbocycles. The van der Waals surface area contributed by atoms with Crippen LogP contribution in [0.1, 0.15) is 36.2 Å². The highest BCUT2D eigenvalue weighted by atomic mass is 16.5. The second-order valence-electron chi connectivity index (χ2n) is 9.04. The van der Waals surface area contributed by atoms with Crippen LogP contribution in [0.25, 0.3) is 22.0 Å². The number of nitrogens with two attached hydrogens (primary N) is 1. The van der Waals surface area contributed by atoms with E-state index in [0.29, 0.717) is 24.9 Å². The van der Waals surface area contributed by atoms with Crippen LogP contribution in [0.15, 0.2) is 54.6 Å². The lowest BCUT2D eigenvalue weighted by molar-refractivity contribution is 0.0894. The Morgan fingerprint density at radius 2 is 1.86 bits per heavy atom. The van der Waals surface area contributed by atoms with E-state index >= 15 is 0 Å². The van der Waals surface area contributed by atoms with Gasteiger partial charge < -0.3 is 26.0 Å². The smallest absolute Gasteiger partial charge is 0.406 e. The fourth-order valence-corrected chi connectivity index (χ4v) is 4.64. The summed E-state index contributed by atoms with van der Waals surface area (Å²) < 4.78 is 5.08. The van der Waals surface area contributed by atoms with Crippen LogP contribution in [0.4, 0.5) is 10.5 Å². The molecule has 1 aromatic heterocycles. The average Bonchev–Trinajstić information content (AvgIpc) is 2.89. The molecule has 184 valence electrons. The fraction of sp³-hybridized carbons (Fsp3) is 0.370. The van der Waals surface area contributed by atoms with E-state index in [2.05, 4.69) is 20.5 Å². The van der Waals surface area contributed by atoms with E-state index in [4.69, 9.17) is 10.5 Å². The number of fused-ring (bicyclic) bond motifs is 1. The van der Waals surface area contributed by atoms with Gasteiger partial charge in [-0.3, -0.25) is 4.79 Å². The number of hydrogen-bond acceptors (Lipinski definition) is 6. The molecule has 0 bridgehead atoms. The standard InChI is InChI=1S/C27H33N5O3/c1-29-27(34)35-16-15-32(2)21-13-11-20(12-14-21)30-26(33)25-8-4-7-24(31-25)19-10-9-18-5-3-6-23(28)22(18)17-19/h3-10,17,20-21H,11-16,28H2,1-2H3,(H,29,34)(H,30,33). The molecule has 1 fully saturated rings. The lowest BCUT2D eigenvalue weighted by Gasteiger charge is -2.34. The molecule has 0 aliphatic heterocycles. The number of amides is 2. The number of anilines is 1. The number of carbonyl (C=O) groups is 2. The van der Waals surface area contributed by atoms with Crippen molar-refractivity contribution in [1.29, 1.82) is 0 Å². The molecule has 0 radical (unpaired) electrons. The highest BCUT2D eigenvalue weighted by molar-refractivity contribution is 5.96. The van der Waals surface area contributed by atoms with E-state index in [0.717, 1.165) is 53.4 Å². The molecule has 2 aromatic carbocycles. The van der Waals surface area contributed by atoms with E-state index in [1.54, 1.807) is 13.1 Å². The van der Waals surface area contributed by atoms with Crippen LogP contribution in [0.2, 0.25) is 0 Å². The van der Waals surface area contributed by atoms with Gasteiger partial charge in [0.25, 0.3) is 5.91 Å². The number of nitrogen functional groups attached to an aromatic ring is 1. The quantitative estimate of drug-likeness (QED) is 0.448. The summed E-state index contributed by atoms with van der Waals surface area (Å²) >= 11 is 0. The molecule has 4 N–H and O–H groups in total. The Labute approximate surface area is 205 Å². The van der Waals surface area contributed by atoms with Gasteiger partial charge in [-0.05, 0) is 62.4 Å².